The third-order valence-electron chi connectivity index (χ3n) is 13.3. The number of rotatable bonds is 7. The van der Waals surface area contributed by atoms with Gasteiger partial charge in [-0.1, -0.05) is 190 Å². The van der Waals surface area contributed by atoms with Crippen LogP contribution in [0.4, 0.5) is 17.1 Å². The van der Waals surface area contributed by atoms with Crippen molar-refractivity contribution < 1.29 is 0 Å². The largest absolute Gasteiger partial charge is 0.310 e. The van der Waals surface area contributed by atoms with Crippen molar-refractivity contribution in [2.45, 2.75) is 19.3 Å². The van der Waals surface area contributed by atoms with Gasteiger partial charge in [-0.25, -0.2) is 0 Å². The van der Waals surface area contributed by atoms with Crippen LogP contribution in [0.25, 0.3) is 86.6 Å². The molecule has 1 nitrogen and oxygen atoms in total. The van der Waals surface area contributed by atoms with E-state index in [4.69, 9.17) is 0 Å². The van der Waals surface area contributed by atoms with E-state index in [1.54, 1.807) is 0 Å². The molecule has 0 bridgehead atoms. The standard InChI is InChI=1S/C61H43NS/c1-61(2)55-27-8-5-21-52(55)53-26-13-25-51(60(53)61)42-33-37-46(38-34-42)62(45-35-31-41(32-36-45)50-24-14-30-58-59(50)54-22-7-10-29-57(54)63-58)56-28-9-6-20-49(56)44-18-11-17-43(39-44)48-23-12-16-40-15-3-4-19-47(40)48/h3-39H,1-2H3. The molecular weight excluding hydrogens is 779 g/mol. The van der Waals surface area contributed by atoms with Crippen molar-refractivity contribution in [2.24, 2.45) is 0 Å². The molecule has 1 aliphatic carbocycles. The average Bonchev–Trinajstić information content (AvgIpc) is 3.84. The van der Waals surface area contributed by atoms with Gasteiger partial charge in [0.05, 0.1) is 5.69 Å². The van der Waals surface area contributed by atoms with Crippen LogP contribution in [-0.4, -0.2) is 0 Å². The van der Waals surface area contributed by atoms with E-state index in [1.807, 2.05) is 11.3 Å². The van der Waals surface area contributed by atoms with Gasteiger partial charge in [-0.05, 0) is 121 Å². The first kappa shape index (κ1) is 37.3. The molecule has 0 fully saturated rings. The molecule has 63 heavy (non-hydrogen) atoms. The Labute approximate surface area is 372 Å². The smallest absolute Gasteiger partial charge is 0.0540 e. The molecule has 0 saturated carbocycles. The van der Waals surface area contributed by atoms with Crippen molar-refractivity contribution in [3.8, 4) is 55.6 Å². The number of fused-ring (bicyclic) bond motifs is 7. The zero-order valence-electron chi connectivity index (χ0n) is 35.2. The highest BCUT2D eigenvalue weighted by Crippen LogP contribution is 2.52. The number of anilines is 3. The number of nitrogens with zero attached hydrogens (tertiary/aromatic N) is 1. The molecule has 0 saturated heterocycles. The highest BCUT2D eigenvalue weighted by molar-refractivity contribution is 7.25. The van der Waals surface area contributed by atoms with E-state index in [2.05, 4.69) is 243 Å². The Morgan fingerprint density at radius 1 is 0.365 bits per heavy atom. The maximum Gasteiger partial charge on any atom is 0.0540 e. The summed E-state index contributed by atoms with van der Waals surface area (Å²) in [5.74, 6) is 0. The summed E-state index contributed by atoms with van der Waals surface area (Å²) in [5.41, 5.74) is 18.5. The minimum atomic E-state index is -0.103. The average molecular weight is 822 g/mol. The lowest BCUT2D eigenvalue weighted by molar-refractivity contribution is 0.662. The van der Waals surface area contributed by atoms with E-state index in [1.165, 1.54) is 97.7 Å². The zero-order valence-corrected chi connectivity index (χ0v) is 36.0. The minimum Gasteiger partial charge on any atom is -0.310 e. The molecule has 1 aliphatic rings. The number of hydrogen-bond acceptors (Lipinski definition) is 2. The van der Waals surface area contributed by atoms with E-state index >= 15 is 0 Å². The monoisotopic (exact) mass is 821 g/mol. The van der Waals surface area contributed by atoms with Crippen molar-refractivity contribution in [3.63, 3.8) is 0 Å². The van der Waals surface area contributed by atoms with Crippen molar-refractivity contribution in [3.05, 3.63) is 236 Å². The van der Waals surface area contributed by atoms with Gasteiger partial charge in [-0.3, -0.25) is 0 Å². The Morgan fingerprint density at radius 2 is 0.889 bits per heavy atom. The van der Waals surface area contributed by atoms with E-state index in [0.29, 0.717) is 0 Å². The summed E-state index contributed by atoms with van der Waals surface area (Å²) in [6, 6.07) is 82.8. The third-order valence-corrected chi connectivity index (χ3v) is 14.4. The Morgan fingerprint density at radius 3 is 1.70 bits per heavy atom. The van der Waals surface area contributed by atoms with Gasteiger partial charge in [0.15, 0.2) is 0 Å². The van der Waals surface area contributed by atoms with Crippen molar-refractivity contribution in [1.82, 2.24) is 0 Å². The maximum absolute atomic E-state index is 2.43. The summed E-state index contributed by atoms with van der Waals surface area (Å²) < 4.78 is 2.64. The van der Waals surface area contributed by atoms with Crippen LogP contribution in [0.15, 0.2) is 224 Å². The Hall–Kier alpha value is -7.52. The molecule has 0 aliphatic heterocycles. The second kappa shape index (κ2) is 14.8. The lowest BCUT2D eigenvalue weighted by Gasteiger charge is -2.29. The summed E-state index contributed by atoms with van der Waals surface area (Å²) in [6.45, 7) is 4.74. The van der Waals surface area contributed by atoms with Crippen LogP contribution in [0.5, 0.6) is 0 Å². The molecule has 1 heterocycles. The number of thiophene rings is 1. The SMILES string of the molecule is CC1(C)c2ccccc2-c2cccc(-c3ccc(N(c4ccc(-c5cccc6sc7ccccc7c56)cc4)c4ccccc4-c4cccc(-c5cccc6ccccc56)c4)cc3)c21. The fraction of sp³-hybridized carbons (Fsp3) is 0.0492. The fourth-order valence-electron chi connectivity index (χ4n) is 10.4. The first-order chi connectivity index (χ1) is 31.0. The molecule has 11 aromatic rings. The summed E-state index contributed by atoms with van der Waals surface area (Å²) in [4.78, 5) is 2.43. The van der Waals surface area contributed by atoms with E-state index in [9.17, 15) is 0 Å². The molecule has 0 N–H and O–H groups in total. The molecule has 0 unspecified atom stereocenters. The van der Waals surface area contributed by atoms with E-state index in [0.717, 1.165) is 17.1 Å². The Balaban J connectivity index is 0.996. The van der Waals surface area contributed by atoms with Gasteiger partial charge < -0.3 is 4.90 Å². The van der Waals surface area contributed by atoms with Crippen LogP contribution in [0.3, 0.4) is 0 Å². The number of hydrogen-bond donors (Lipinski definition) is 0. The normalized spacial score (nSPS) is 12.7. The third kappa shape index (κ3) is 6.13. The highest BCUT2D eigenvalue weighted by Gasteiger charge is 2.37. The molecule has 0 spiro atoms. The van der Waals surface area contributed by atoms with Crippen LogP contribution < -0.4 is 4.90 Å². The lowest BCUT2D eigenvalue weighted by Crippen LogP contribution is -2.16. The van der Waals surface area contributed by atoms with E-state index in [-0.39, 0.29) is 5.41 Å². The summed E-state index contributed by atoms with van der Waals surface area (Å²) in [7, 11) is 0. The second-order valence-electron chi connectivity index (χ2n) is 17.2. The molecule has 1 aromatic heterocycles. The molecule has 2 heteroatoms. The number of para-hydroxylation sites is 1. The number of benzene rings is 10. The van der Waals surface area contributed by atoms with Crippen molar-refractivity contribution in [1.29, 1.82) is 0 Å². The maximum atomic E-state index is 2.43. The summed E-state index contributed by atoms with van der Waals surface area (Å²) >= 11 is 1.87. The topological polar surface area (TPSA) is 3.24 Å². The van der Waals surface area contributed by atoms with Gasteiger partial charge in [0.1, 0.15) is 0 Å². The fourth-order valence-corrected chi connectivity index (χ4v) is 11.5. The molecule has 12 rings (SSSR count). The molecular formula is C61H43NS. The molecule has 0 atom stereocenters. The van der Waals surface area contributed by atoms with Crippen LogP contribution in [0, 0.1) is 0 Å². The van der Waals surface area contributed by atoms with Gasteiger partial charge >= 0.3 is 0 Å². The molecule has 10 aromatic carbocycles. The van der Waals surface area contributed by atoms with Gasteiger partial charge in [-0.15, -0.1) is 11.3 Å². The van der Waals surface area contributed by atoms with E-state index < -0.39 is 0 Å². The minimum absolute atomic E-state index is 0.103. The summed E-state index contributed by atoms with van der Waals surface area (Å²) in [6.07, 6.45) is 0. The second-order valence-corrected chi connectivity index (χ2v) is 18.3. The predicted molar refractivity (Wildman–Crippen MR) is 271 cm³/mol. The van der Waals surface area contributed by atoms with Gasteiger partial charge in [0.2, 0.25) is 0 Å². The van der Waals surface area contributed by atoms with Gasteiger partial charge in [-0.2, -0.15) is 0 Å². The lowest BCUT2D eigenvalue weighted by atomic mass is 9.79. The molecule has 298 valence electrons. The van der Waals surface area contributed by atoms with Crippen LogP contribution in [0.1, 0.15) is 25.0 Å². The molecule has 0 amide bonds. The summed E-state index contributed by atoms with van der Waals surface area (Å²) in [5, 5.41) is 5.15. The van der Waals surface area contributed by atoms with Crippen LogP contribution in [-0.2, 0) is 5.41 Å². The van der Waals surface area contributed by atoms with Gasteiger partial charge in [0.25, 0.3) is 0 Å². The predicted octanol–water partition coefficient (Wildman–Crippen LogP) is 17.7. The Bertz CT molecular complexity index is 3530. The first-order valence-electron chi connectivity index (χ1n) is 21.8. The first-order valence-corrected chi connectivity index (χ1v) is 22.7. The van der Waals surface area contributed by atoms with Crippen LogP contribution >= 0.6 is 11.3 Å². The highest BCUT2D eigenvalue weighted by atomic mass is 32.1. The van der Waals surface area contributed by atoms with Gasteiger partial charge in [0, 0.05) is 42.5 Å². The quantitative estimate of drug-likeness (QED) is 0.155. The zero-order chi connectivity index (χ0) is 42.1. The van der Waals surface area contributed by atoms with Crippen molar-refractivity contribution in [2.75, 3.05) is 4.90 Å². The Kier molecular flexibility index (Phi) is 8.77. The molecule has 0 radical (unpaired) electrons. The van der Waals surface area contributed by atoms with Crippen LogP contribution in [0.2, 0.25) is 0 Å². The van der Waals surface area contributed by atoms with Crippen molar-refractivity contribution >= 4 is 59.3 Å².